The smallest absolute Gasteiger partial charge is 0.326 e. The summed E-state index contributed by atoms with van der Waals surface area (Å²) < 4.78 is 0. The Hall–Kier alpha value is -2.94. The van der Waals surface area contributed by atoms with Crippen LogP contribution in [0.2, 0.25) is 0 Å². The number of amides is 2. The number of carbonyl (C=O) groups is 3. The standard InChI is InChI=1S/C24H30N4O4S/c1-15(2)20(33)21(29)28-24(9-3-4-10-24)23(32)27-19(22(30)31)12-16-7-8-18(26-13-16)17-6-5-11-25-14-17/h5-8,11,13-15,19-20,33H,3-4,9-10,12H2,1-2H3,(H,27,32)(H,28,29)(H,30,31). The summed E-state index contributed by atoms with van der Waals surface area (Å²) in [6, 6.07) is 6.15. The number of pyridine rings is 2. The molecule has 0 aromatic carbocycles. The molecule has 2 heterocycles. The maximum atomic E-state index is 13.2. The van der Waals surface area contributed by atoms with Crippen molar-refractivity contribution in [3.05, 3.63) is 48.4 Å². The first-order chi connectivity index (χ1) is 15.7. The zero-order valence-electron chi connectivity index (χ0n) is 18.8. The average Bonchev–Trinajstić information content (AvgIpc) is 3.28. The summed E-state index contributed by atoms with van der Waals surface area (Å²) in [4.78, 5) is 46.2. The van der Waals surface area contributed by atoms with Crippen molar-refractivity contribution in [2.24, 2.45) is 5.92 Å². The molecule has 0 spiro atoms. The molecule has 2 aromatic rings. The van der Waals surface area contributed by atoms with Crippen LogP contribution in [0.4, 0.5) is 0 Å². The summed E-state index contributed by atoms with van der Waals surface area (Å²) >= 11 is 4.35. The molecule has 1 saturated carbocycles. The first kappa shape index (κ1) is 24.7. The third-order valence-corrected chi connectivity index (χ3v) is 6.81. The van der Waals surface area contributed by atoms with Gasteiger partial charge in [-0.1, -0.05) is 32.8 Å². The fourth-order valence-corrected chi connectivity index (χ4v) is 4.03. The SMILES string of the molecule is CC(C)C(S)C(=O)NC1(C(=O)NC(Cc2ccc(-c3cccnc3)nc2)C(=O)O)CCCC1. The monoisotopic (exact) mass is 470 g/mol. The van der Waals surface area contributed by atoms with E-state index in [0.717, 1.165) is 24.1 Å². The third kappa shape index (κ3) is 6.10. The fraction of sp³-hybridized carbons (Fsp3) is 0.458. The summed E-state index contributed by atoms with van der Waals surface area (Å²) in [5.74, 6) is -1.92. The van der Waals surface area contributed by atoms with Crippen molar-refractivity contribution in [3.8, 4) is 11.3 Å². The van der Waals surface area contributed by atoms with Crippen molar-refractivity contribution < 1.29 is 19.5 Å². The minimum atomic E-state index is -1.14. The second kappa shape index (κ2) is 10.8. The zero-order valence-corrected chi connectivity index (χ0v) is 19.7. The van der Waals surface area contributed by atoms with Crippen molar-refractivity contribution in [1.82, 2.24) is 20.6 Å². The molecule has 0 radical (unpaired) electrons. The number of aromatic nitrogens is 2. The number of carbonyl (C=O) groups excluding carboxylic acids is 2. The van der Waals surface area contributed by atoms with E-state index >= 15 is 0 Å². The highest BCUT2D eigenvalue weighted by molar-refractivity contribution is 7.81. The molecule has 8 nitrogen and oxygen atoms in total. The predicted molar refractivity (Wildman–Crippen MR) is 128 cm³/mol. The van der Waals surface area contributed by atoms with E-state index in [1.807, 2.05) is 26.0 Å². The summed E-state index contributed by atoms with van der Waals surface area (Å²) in [5, 5.41) is 14.7. The molecule has 9 heteroatoms. The predicted octanol–water partition coefficient (Wildman–Crippen LogP) is 2.64. The molecule has 2 atom stereocenters. The van der Waals surface area contributed by atoms with Crippen molar-refractivity contribution >= 4 is 30.4 Å². The molecular weight excluding hydrogens is 440 g/mol. The summed E-state index contributed by atoms with van der Waals surface area (Å²) in [7, 11) is 0. The van der Waals surface area contributed by atoms with Crippen LogP contribution in [-0.2, 0) is 20.8 Å². The molecule has 1 aliphatic carbocycles. The number of hydrogen-bond acceptors (Lipinski definition) is 6. The fourth-order valence-electron chi connectivity index (χ4n) is 3.96. The maximum absolute atomic E-state index is 13.2. The highest BCUT2D eigenvalue weighted by Gasteiger charge is 2.44. The molecule has 1 aliphatic rings. The average molecular weight is 471 g/mol. The molecule has 0 saturated heterocycles. The highest BCUT2D eigenvalue weighted by atomic mass is 32.1. The van der Waals surface area contributed by atoms with Crippen LogP contribution in [0.25, 0.3) is 11.3 Å². The number of nitrogens with zero attached hydrogens (tertiary/aromatic N) is 2. The van der Waals surface area contributed by atoms with Crippen LogP contribution in [0.5, 0.6) is 0 Å². The van der Waals surface area contributed by atoms with E-state index in [-0.39, 0.29) is 18.2 Å². The first-order valence-corrected chi connectivity index (χ1v) is 11.6. The van der Waals surface area contributed by atoms with Gasteiger partial charge in [-0.2, -0.15) is 12.6 Å². The molecule has 2 unspecified atom stereocenters. The normalized spacial score (nSPS) is 16.7. The Kier molecular flexibility index (Phi) is 8.07. The Labute approximate surface area is 199 Å². The molecule has 3 N–H and O–H groups in total. The van der Waals surface area contributed by atoms with Crippen LogP contribution in [0, 0.1) is 5.92 Å². The number of hydrogen-bond donors (Lipinski definition) is 4. The minimum Gasteiger partial charge on any atom is -0.480 e. The number of thiol groups is 1. The van der Waals surface area contributed by atoms with Crippen molar-refractivity contribution in [2.75, 3.05) is 0 Å². The van der Waals surface area contributed by atoms with E-state index in [1.54, 1.807) is 30.7 Å². The molecular formula is C24H30N4O4S. The van der Waals surface area contributed by atoms with Crippen molar-refractivity contribution in [1.29, 1.82) is 0 Å². The zero-order chi connectivity index (χ0) is 24.0. The molecule has 3 rings (SSSR count). The van der Waals surface area contributed by atoms with Crippen LogP contribution in [0.3, 0.4) is 0 Å². The number of carboxylic acid groups (broad SMARTS) is 1. The van der Waals surface area contributed by atoms with Crippen LogP contribution in [0.1, 0.15) is 45.1 Å². The van der Waals surface area contributed by atoms with Gasteiger partial charge in [-0.05, 0) is 42.5 Å². The Morgan fingerprint density at radius 3 is 2.42 bits per heavy atom. The maximum Gasteiger partial charge on any atom is 0.326 e. The van der Waals surface area contributed by atoms with Gasteiger partial charge in [0, 0.05) is 30.6 Å². The van der Waals surface area contributed by atoms with Gasteiger partial charge in [0.15, 0.2) is 0 Å². The van der Waals surface area contributed by atoms with Gasteiger partial charge in [0.25, 0.3) is 0 Å². The number of rotatable bonds is 9. The van der Waals surface area contributed by atoms with Gasteiger partial charge in [0.2, 0.25) is 11.8 Å². The molecule has 0 aliphatic heterocycles. The molecule has 2 amide bonds. The highest BCUT2D eigenvalue weighted by Crippen LogP contribution is 2.31. The van der Waals surface area contributed by atoms with E-state index in [9.17, 15) is 19.5 Å². The van der Waals surface area contributed by atoms with Gasteiger partial charge in [-0.3, -0.25) is 19.6 Å². The van der Waals surface area contributed by atoms with Gasteiger partial charge >= 0.3 is 5.97 Å². The molecule has 1 fully saturated rings. The van der Waals surface area contributed by atoms with Gasteiger partial charge in [0.05, 0.1) is 10.9 Å². The topological polar surface area (TPSA) is 121 Å². The van der Waals surface area contributed by atoms with E-state index in [4.69, 9.17) is 0 Å². The van der Waals surface area contributed by atoms with Crippen LogP contribution < -0.4 is 10.6 Å². The molecule has 2 aromatic heterocycles. The Morgan fingerprint density at radius 2 is 1.88 bits per heavy atom. The van der Waals surface area contributed by atoms with Crippen molar-refractivity contribution in [2.45, 2.75) is 62.8 Å². The van der Waals surface area contributed by atoms with Gasteiger partial charge in [-0.25, -0.2) is 4.79 Å². The second-order valence-electron chi connectivity index (χ2n) is 8.83. The number of carboxylic acids is 1. The van der Waals surface area contributed by atoms with Crippen LogP contribution in [-0.4, -0.2) is 49.7 Å². The van der Waals surface area contributed by atoms with Crippen LogP contribution in [0.15, 0.2) is 42.9 Å². The lowest BCUT2D eigenvalue weighted by molar-refractivity contribution is -0.143. The van der Waals surface area contributed by atoms with E-state index in [2.05, 4.69) is 33.2 Å². The first-order valence-electron chi connectivity index (χ1n) is 11.1. The third-order valence-electron chi connectivity index (χ3n) is 5.98. The lowest BCUT2D eigenvalue weighted by atomic mass is 9.94. The number of nitrogens with one attached hydrogen (secondary N) is 2. The van der Waals surface area contributed by atoms with E-state index in [1.165, 1.54) is 0 Å². The largest absolute Gasteiger partial charge is 0.480 e. The second-order valence-corrected chi connectivity index (χ2v) is 9.39. The van der Waals surface area contributed by atoms with E-state index < -0.39 is 28.7 Å². The van der Waals surface area contributed by atoms with Gasteiger partial charge < -0.3 is 15.7 Å². The number of aliphatic carboxylic acids is 1. The molecule has 176 valence electrons. The van der Waals surface area contributed by atoms with Crippen molar-refractivity contribution in [3.63, 3.8) is 0 Å². The quantitative estimate of drug-likeness (QED) is 0.418. The minimum absolute atomic E-state index is 0.00348. The molecule has 0 bridgehead atoms. The lowest BCUT2D eigenvalue weighted by Crippen LogP contribution is -2.61. The summed E-state index contributed by atoms with van der Waals surface area (Å²) in [5.41, 5.74) is 1.15. The Morgan fingerprint density at radius 1 is 1.15 bits per heavy atom. The summed E-state index contributed by atoms with van der Waals surface area (Å²) in [6.45, 7) is 3.76. The Balaban J connectivity index is 1.71. The lowest BCUT2D eigenvalue weighted by Gasteiger charge is -2.32. The van der Waals surface area contributed by atoms with Gasteiger partial charge in [0.1, 0.15) is 11.6 Å². The van der Waals surface area contributed by atoms with Crippen LogP contribution >= 0.6 is 12.6 Å². The Bertz CT molecular complexity index is 976. The van der Waals surface area contributed by atoms with E-state index in [0.29, 0.717) is 18.4 Å². The summed E-state index contributed by atoms with van der Waals surface area (Å²) in [6.07, 6.45) is 7.56. The molecule has 33 heavy (non-hydrogen) atoms. The van der Waals surface area contributed by atoms with Gasteiger partial charge in [-0.15, -0.1) is 0 Å².